The van der Waals surface area contributed by atoms with Gasteiger partial charge in [0.2, 0.25) is 0 Å². The summed E-state index contributed by atoms with van der Waals surface area (Å²) in [7, 11) is 0. The van der Waals surface area contributed by atoms with Gasteiger partial charge >= 0.3 is 6.18 Å². The van der Waals surface area contributed by atoms with Gasteiger partial charge in [-0.05, 0) is 25.7 Å². The van der Waals surface area contributed by atoms with Gasteiger partial charge in [-0.2, -0.15) is 32.8 Å². The number of hydrogen-bond donors (Lipinski definition) is 1. The maximum atomic E-state index is 13.0. The quantitative estimate of drug-likeness (QED) is 0.846. The smallest absolute Gasteiger partial charge is 0.358 e. The Hall–Kier alpha value is -1.57. The van der Waals surface area contributed by atoms with Crippen LogP contribution in [-0.4, -0.2) is 31.8 Å². The second-order valence-corrected chi connectivity index (χ2v) is 6.24. The maximum Gasteiger partial charge on any atom is 0.408 e. The Morgan fingerprint density at radius 2 is 2.00 bits per heavy atom. The molecule has 2 heterocycles. The van der Waals surface area contributed by atoms with Crippen LogP contribution < -0.4 is 5.32 Å². The van der Waals surface area contributed by atoms with E-state index in [1.807, 2.05) is 0 Å². The van der Waals surface area contributed by atoms with E-state index in [-0.39, 0.29) is 22.7 Å². The highest BCUT2D eigenvalue weighted by atomic mass is 35.5. The van der Waals surface area contributed by atoms with Gasteiger partial charge < -0.3 is 5.32 Å². The second-order valence-electron chi connectivity index (χ2n) is 5.88. The minimum atomic E-state index is -4.37. The SMILES string of the molecule is C[C@H](Nc1c(C2CCCCC2)c(Cl)nc2ncnn12)C(F)(F)F. The lowest BCUT2D eigenvalue weighted by atomic mass is 9.84. The Labute approximate surface area is 136 Å². The van der Waals surface area contributed by atoms with E-state index in [9.17, 15) is 13.2 Å². The van der Waals surface area contributed by atoms with Gasteiger partial charge in [0.15, 0.2) is 0 Å². The topological polar surface area (TPSA) is 55.1 Å². The molecule has 1 N–H and O–H groups in total. The Morgan fingerprint density at radius 1 is 1.30 bits per heavy atom. The molecule has 0 radical (unpaired) electrons. The molecule has 0 bridgehead atoms. The van der Waals surface area contributed by atoms with E-state index in [1.165, 1.54) is 10.8 Å². The first-order valence-corrected chi connectivity index (χ1v) is 7.98. The number of hydrogen-bond acceptors (Lipinski definition) is 4. The van der Waals surface area contributed by atoms with Crippen LogP contribution in [0, 0.1) is 0 Å². The van der Waals surface area contributed by atoms with E-state index < -0.39 is 12.2 Å². The molecular weight excluding hydrogens is 331 g/mol. The van der Waals surface area contributed by atoms with Crippen molar-refractivity contribution in [2.75, 3.05) is 5.32 Å². The van der Waals surface area contributed by atoms with Crippen molar-refractivity contribution in [2.24, 2.45) is 0 Å². The fourth-order valence-electron chi connectivity index (χ4n) is 3.01. The summed E-state index contributed by atoms with van der Waals surface area (Å²) in [5, 5.41) is 6.74. The van der Waals surface area contributed by atoms with E-state index in [0.717, 1.165) is 39.0 Å². The summed E-state index contributed by atoms with van der Waals surface area (Å²) in [6.07, 6.45) is 1.86. The number of aromatic nitrogens is 4. The van der Waals surface area contributed by atoms with Gasteiger partial charge in [0.25, 0.3) is 5.78 Å². The van der Waals surface area contributed by atoms with Crippen LogP contribution in [0.1, 0.15) is 50.5 Å². The molecule has 0 saturated heterocycles. The van der Waals surface area contributed by atoms with Crippen LogP contribution >= 0.6 is 11.6 Å². The zero-order valence-corrected chi connectivity index (χ0v) is 13.3. The molecule has 2 aromatic heterocycles. The highest BCUT2D eigenvalue weighted by Gasteiger charge is 2.37. The zero-order chi connectivity index (χ0) is 16.6. The molecule has 0 spiro atoms. The van der Waals surface area contributed by atoms with Gasteiger partial charge in [-0.25, -0.2) is 0 Å². The third-order valence-corrected chi connectivity index (χ3v) is 4.56. The highest BCUT2D eigenvalue weighted by Crippen LogP contribution is 2.40. The number of halogens is 4. The number of alkyl halides is 3. The van der Waals surface area contributed by atoms with Gasteiger partial charge in [-0.1, -0.05) is 30.9 Å². The molecule has 5 nitrogen and oxygen atoms in total. The lowest BCUT2D eigenvalue weighted by Crippen LogP contribution is -2.34. The third kappa shape index (κ3) is 3.22. The zero-order valence-electron chi connectivity index (χ0n) is 12.6. The minimum absolute atomic E-state index is 0.0836. The molecule has 1 aliphatic carbocycles. The van der Waals surface area contributed by atoms with Crippen LogP contribution in [0.4, 0.5) is 19.0 Å². The lowest BCUT2D eigenvalue weighted by molar-refractivity contribution is -0.138. The molecule has 0 unspecified atom stereocenters. The molecule has 2 aromatic rings. The summed E-state index contributed by atoms with van der Waals surface area (Å²) in [5.74, 6) is 0.515. The van der Waals surface area contributed by atoms with Crippen LogP contribution in [0.25, 0.3) is 5.78 Å². The standard InChI is InChI=1S/C14H17ClF3N5/c1-8(14(16,17)18)21-12-10(9-5-3-2-4-6-9)11(15)22-13-19-7-20-23(12)13/h7-9,21H,2-6H2,1H3/t8-/m0/s1. The molecule has 126 valence electrons. The first-order chi connectivity index (χ1) is 10.9. The van der Waals surface area contributed by atoms with E-state index in [1.54, 1.807) is 0 Å². The van der Waals surface area contributed by atoms with E-state index in [4.69, 9.17) is 11.6 Å². The molecule has 23 heavy (non-hydrogen) atoms. The third-order valence-electron chi connectivity index (χ3n) is 4.27. The van der Waals surface area contributed by atoms with Crippen molar-refractivity contribution in [2.45, 2.75) is 57.2 Å². The van der Waals surface area contributed by atoms with Gasteiger partial charge in [0, 0.05) is 5.56 Å². The Balaban J connectivity index is 2.09. The van der Waals surface area contributed by atoms with Crippen LogP contribution in [0.2, 0.25) is 5.15 Å². The summed E-state index contributed by atoms with van der Waals surface area (Å²) in [6.45, 7) is 1.07. The maximum absolute atomic E-state index is 13.0. The molecule has 0 amide bonds. The van der Waals surface area contributed by atoms with Crippen LogP contribution in [0.15, 0.2) is 6.33 Å². The predicted molar refractivity (Wildman–Crippen MR) is 80.8 cm³/mol. The molecule has 1 atom stereocenters. The van der Waals surface area contributed by atoms with Crippen LogP contribution in [-0.2, 0) is 0 Å². The van der Waals surface area contributed by atoms with Crippen LogP contribution in [0.3, 0.4) is 0 Å². The monoisotopic (exact) mass is 347 g/mol. The second kappa shape index (κ2) is 6.14. The van der Waals surface area contributed by atoms with Crippen molar-refractivity contribution in [3.8, 4) is 0 Å². The van der Waals surface area contributed by atoms with Crippen molar-refractivity contribution < 1.29 is 13.2 Å². The molecule has 1 aliphatic rings. The number of fused-ring (bicyclic) bond motifs is 1. The average Bonchev–Trinajstić information content (AvgIpc) is 2.95. The Bertz CT molecular complexity index is 694. The number of nitrogens with one attached hydrogen (secondary N) is 1. The van der Waals surface area contributed by atoms with Crippen molar-refractivity contribution in [3.05, 3.63) is 17.0 Å². The summed E-state index contributed by atoms with van der Waals surface area (Å²) in [6, 6.07) is -1.73. The van der Waals surface area contributed by atoms with Gasteiger partial charge in [0.1, 0.15) is 23.3 Å². The Morgan fingerprint density at radius 3 is 2.65 bits per heavy atom. The van der Waals surface area contributed by atoms with Gasteiger partial charge in [0.05, 0.1) is 0 Å². The van der Waals surface area contributed by atoms with Crippen molar-refractivity contribution in [1.82, 2.24) is 19.6 Å². The van der Waals surface area contributed by atoms with Crippen molar-refractivity contribution in [3.63, 3.8) is 0 Å². The number of nitrogens with zero attached hydrogens (tertiary/aromatic N) is 4. The number of rotatable bonds is 3. The van der Waals surface area contributed by atoms with Crippen molar-refractivity contribution in [1.29, 1.82) is 0 Å². The average molecular weight is 348 g/mol. The van der Waals surface area contributed by atoms with E-state index in [2.05, 4.69) is 20.4 Å². The molecular formula is C14H17ClF3N5. The van der Waals surface area contributed by atoms with E-state index >= 15 is 0 Å². The van der Waals surface area contributed by atoms with Gasteiger partial charge in [-0.3, -0.25) is 0 Å². The normalized spacial score (nSPS) is 18.3. The summed E-state index contributed by atoms with van der Waals surface area (Å²) in [5.41, 5.74) is 0.612. The van der Waals surface area contributed by atoms with Crippen LogP contribution in [0.5, 0.6) is 0 Å². The highest BCUT2D eigenvalue weighted by molar-refractivity contribution is 6.30. The molecule has 1 saturated carbocycles. The first-order valence-electron chi connectivity index (χ1n) is 7.60. The molecule has 0 aliphatic heterocycles. The number of anilines is 1. The molecule has 3 rings (SSSR count). The summed E-state index contributed by atoms with van der Waals surface area (Å²) < 4.78 is 40.2. The first kappa shape index (κ1) is 16.3. The minimum Gasteiger partial charge on any atom is -0.358 e. The fraction of sp³-hybridized carbons (Fsp3) is 0.643. The fourth-order valence-corrected chi connectivity index (χ4v) is 3.33. The lowest BCUT2D eigenvalue weighted by Gasteiger charge is -2.27. The molecule has 1 fully saturated rings. The van der Waals surface area contributed by atoms with E-state index in [0.29, 0.717) is 5.56 Å². The molecule has 0 aromatic carbocycles. The summed E-state index contributed by atoms with van der Waals surface area (Å²) in [4.78, 5) is 8.11. The van der Waals surface area contributed by atoms with Crippen molar-refractivity contribution >= 4 is 23.2 Å². The molecule has 9 heteroatoms. The Kier molecular flexibility index (Phi) is 4.35. The van der Waals surface area contributed by atoms with Gasteiger partial charge in [-0.15, -0.1) is 0 Å². The largest absolute Gasteiger partial charge is 0.408 e. The predicted octanol–water partition coefficient (Wildman–Crippen LogP) is 4.19. The summed E-state index contributed by atoms with van der Waals surface area (Å²) >= 11 is 6.28.